The van der Waals surface area contributed by atoms with Crippen LogP contribution in [0.1, 0.15) is 5.69 Å². The molecule has 0 aliphatic carbocycles. The van der Waals surface area contributed by atoms with Crippen LogP contribution in [0.3, 0.4) is 0 Å². The highest BCUT2D eigenvalue weighted by Gasteiger charge is 2.15. The number of benzene rings is 1. The molecule has 0 aliphatic heterocycles. The first-order chi connectivity index (χ1) is 10.6. The maximum atomic E-state index is 12.0. The summed E-state index contributed by atoms with van der Waals surface area (Å²) in [5, 5.41) is 14.7. The molecule has 7 heteroatoms. The fourth-order valence-electron chi connectivity index (χ4n) is 2.09. The van der Waals surface area contributed by atoms with Gasteiger partial charge in [-0.3, -0.25) is 14.9 Å². The van der Waals surface area contributed by atoms with Crippen molar-refractivity contribution in [1.82, 2.24) is 9.72 Å². The zero-order chi connectivity index (χ0) is 15.5. The summed E-state index contributed by atoms with van der Waals surface area (Å²) in [6.45, 7) is 0.108. The van der Waals surface area contributed by atoms with Crippen LogP contribution in [0.15, 0.2) is 64.0 Å². The molecule has 0 saturated carbocycles. The summed E-state index contributed by atoms with van der Waals surface area (Å²) in [7, 11) is 0. The molecule has 0 atom stereocenters. The Hall–Kier alpha value is -3.22. The predicted molar refractivity (Wildman–Crippen MR) is 78.4 cm³/mol. The summed E-state index contributed by atoms with van der Waals surface area (Å²) in [5.41, 5.74) is 0.250. The van der Waals surface area contributed by atoms with E-state index in [1.54, 1.807) is 6.07 Å². The lowest BCUT2D eigenvalue weighted by Gasteiger charge is -2.01. The lowest BCUT2D eigenvalue weighted by molar-refractivity contribution is -0.386. The van der Waals surface area contributed by atoms with E-state index in [-0.39, 0.29) is 6.54 Å². The average Bonchev–Trinajstić information content (AvgIpc) is 2.98. The van der Waals surface area contributed by atoms with Crippen molar-refractivity contribution in [3.63, 3.8) is 0 Å². The molecule has 0 fully saturated rings. The third-order valence-corrected chi connectivity index (χ3v) is 3.15. The minimum absolute atomic E-state index is 0.108. The van der Waals surface area contributed by atoms with Gasteiger partial charge in [0.1, 0.15) is 5.69 Å². The van der Waals surface area contributed by atoms with Gasteiger partial charge in [0.2, 0.25) is 0 Å². The van der Waals surface area contributed by atoms with E-state index in [0.29, 0.717) is 11.5 Å². The molecular weight excluding hydrogens is 286 g/mol. The Kier molecular flexibility index (Phi) is 3.53. The predicted octanol–water partition coefficient (Wildman–Crippen LogP) is 2.46. The number of rotatable bonds is 4. The van der Waals surface area contributed by atoms with Gasteiger partial charge in [0.05, 0.1) is 11.5 Å². The monoisotopic (exact) mass is 297 g/mol. The summed E-state index contributed by atoms with van der Waals surface area (Å²) in [5.74, 6) is 0.578. The standard InChI is InChI=1S/C15H11N3O4/c19-15-13(18(20)21)7-4-8-17(15)10-12-9-14(22-16-12)11-5-2-1-3-6-11/h1-9H,10H2. The third kappa shape index (κ3) is 2.64. The summed E-state index contributed by atoms with van der Waals surface area (Å²) in [6, 6.07) is 13.7. The van der Waals surface area contributed by atoms with Gasteiger partial charge in [0, 0.05) is 23.9 Å². The van der Waals surface area contributed by atoms with Gasteiger partial charge in [-0.1, -0.05) is 35.5 Å². The summed E-state index contributed by atoms with van der Waals surface area (Å²) in [6.07, 6.45) is 1.48. The lowest BCUT2D eigenvalue weighted by atomic mass is 10.1. The number of aromatic nitrogens is 2. The number of pyridine rings is 1. The Morgan fingerprint density at radius 3 is 2.68 bits per heavy atom. The van der Waals surface area contributed by atoms with E-state index in [4.69, 9.17) is 4.52 Å². The molecule has 0 bridgehead atoms. The zero-order valence-corrected chi connectivity index (χ0v) is 11.4. The van der Waals surface area contributed by atoms with Crippen molar-refractivity contribution >= 4 is 5.69 Å². The highest BCUT2D eigenvalue weighted by atomic mass is 16.6. The van der Waals surface area contributed by atoms with Crippen LogP contribution in [-0.2, 0) is 6.54 Å². The molecule has 3 aromatic rings. The Labute approximate surface area is 124 Å². The van der Waals surface area contributed by atoms with Crippen LogP contribution in [0, 0.1) is 10.1 Å². The van der Waals surface area contributed by atoms with Crippen molar-refractivity contribution in [3.8, 4) is 11.3 Å². The molecule has 110 valence electrons. The Balaban J connectivity index is 1.89. The highest BCUT2D eigenvalue weighted by Crippen LogP contribution is 2.20. The van der Waals surface area contributed by atoms with Crippen molar-refractivity contribution in [2.24, 2.45) is 0 Å². The second-order valence-electron chi connectivity index (χ2n) is 4.63. The van der Waals surface area contributed by atoms with Crippen LogP contribution in [0.25, 0.3) is 11.3 Å². The number of nitro groups is 1. The molecule has 0 unspecified atom stereocenters. The molecule has 0 aliphatic rings. The van der Waals surface area contributed by atoms with Gasteiger partial charge in [-0.25, -0.2) is 0 Å². The van der Waals surface area contributed by atoms with Crippen LogP contribution in [0.2, 0.25) is 0 Å². The van der Waals surface area contributed by atoms with E-state index in [2.05, 4.69) is 5.16 Å². The first-order valence-electron chi connectivity index (χ1n) is 6.50. The normalized spacial score (nSPS) is 10.5. The van der Waals surface area contributed by atoms with Gasteiger partial charge >= 0.3 is 11.2 Å². The van der Waals surface area contributed by atoms with Gasteiger partial charge < -0.3 is 9.09 Å². The smallest absolute Gasteiger partial charge is 0.334 e. The Morgan fingerprint density at radius 2 is 1.95 bits per heavy atom. The molecule has 0 N–H and O–H groups in total. The quantitative estimate of drug-likeness (QED) is 0.545. The van der Waals surface area contributed by atoms with Gasteiger partial charge in [-0.15, -0.1) is 0 Å². The fraction of sp³-hybridized carbons (Fsp3) is 0.0667. The van der Waals surface area contributed by atoms with E-state index >= 15 is 0 Å². The van der Waals surface area contributed by atoms with Crippen LogP contribution in [0.5, 0.6) is 0 Å². The topological polar surface area (TPSA) is 91.2 Å². The molecule has 0 amide bonds. The van der Waals surface area contributed by atoms with Crippen molar-refractivity contribution in [1.29, 1.82) is 0 Å². The Bertz CT molecular complexity index is 868. The van der Waals surface area contributed by atoms with Crippen LogP contribution in [-0.4, -0.2) is 14.6 Å². The molecule has 22 heavy (non-hydrogen) atoms. The van der Waals surface area contributed by atoms with Crippen LogP contribution in [0.4, 0.5) is 5.69 Å². The molecule has 2 aromatic heterocycles. The first kappa shape index (κ1) is 13.7. The fourth-order valence-corrected chi connectivity index (χ4v) is 2.09. The summed E-state index contributed by atoms with van der Waals surface area (Å²) >= 11 is 0. The molecule has 0 saturated heterocycles. The summed E-state index contributed by atoms with van der Waals surface area (Å²) < 4.78 is 6.47. The van der Waals surface area contributed by atoms with Crippen molar-refractivity contribution in [2.45, 2.75) is 6.54 Å². The second-order valence-corrected chi connectivity index (χ2v) is 4.63. The van der Waals surface area contributed by atoms with Crippen LogP contribution >= 0.6 is 0 Å². The van der Waals surface area contributed by atoms with Crippen molar-refractivity contribution in [2.75, 3.05) is 0 Å². The number of hydrogen-bond acceptors (Lipinski definition) is 5. The zero-order valence-electron chi connectivity index (χ0n) is 11.4. The second kappa shape index (κ2) is 5.65. The van der Waals surface area contributed by atoms with Crippen molar-refractivity contribution in [3.05, 3.63) is 80.9 Å². The third-order valence-electron chi connectivity index (χ3n) is 3.15. The molecule has 0 spiro atoms. The summed E-state index contributed by atoms with van der Waals surface area (Å²) in [4.78, 5) is 22.0. The maximum Gasteiger partial charge on any atom is 0.334 e. The SMILES string of the molecule is O=c1c([N+](=O)[O-])cccn1Cc1cc(-c2ccccc2)on1. The molecule has 0 radical (unpaired) electrons. The van der Waals surface area contributed by atoms with Gasteiger partial charge in [0.25, 0.3) is 0 Å². The van der Waals surface area contributed by atoms with E-state index < -0.39 is 16.2 Å². The number of hydrogen-bond donors (Lipinski definition) is 0. The van der Waals surface area contributed by atoms with E-state index in [9.17, 15) is 14.9 Å². The van der Waals surface area contributed by atoms with Gasteiger partial charge in [-0.05, 0) is 6.07 Å². The minimum atomic E-state index is -0.697. The van der Waals surface area contributed by atoms with E-state index in [1.807, 2.05) is 30.3 Å². The van der Waals surface area contributed by atoms with Gasteiger partial charge in [-0.2, -0.15) is 0 Å². The van der Waals surface area contributed by atoms with Gasteiger partial charge in [0.15, 0.2) is 5.76 Å². The molecule has 3 rings (SSSR count). The maximum absolute atomic E-state index is 12.0. The Morgan fingerprint density at radius 1 is 1.18 bits per heavy atom. The first-order valence-corrected chi connectivity index (χ1v) is 6.50. The average molecular weight is 297 g/mol. The largest absolute Gasteiger partial charge is 0.356 e. The van der Waals surface area contributed by atoms with E-state index in [1.165, 1.54) is 22.9 Å². The molecule has 7 nitrogen and oxygen atoms in total. The lowest BCUT2D eigenvalue weighted by Crippen LogP contribution is -2.22. The highest BCUT2D eigenvalue weighted by molar-refractivity contribution is 5.56. The molecule has 2 heterocycles. The molecular formula is C15H11N3O4. The minimum Gasteiger partial charge on any atom is -0.356 e. The molecule has 1 aromatic carbocycles. The van der Waals surface area contributed by atoms with Crippen LogP contribution < -0.4 is 5.56 Å². The van der Waals surface area contributed by atoms with Crippen molar-refractivity contribution < 1.29 is 9.45 Å². The number of nitrogens with zero attached hydrogens (tertiary/aromatic N) is 3. The van der Waals surface area contributed by atoms with E-state index in [0.717, 1.165) is 5.56 Å².